The molecule has 0 bridgehead atoms. The lowest BCUT2D eigenvalue weighted by atomic mass is 10.4. The van der Waals surface area contributed by atoms with E-state index >= 15 is 0 Å². The van der Waals surface area contributed by atoms with Gasteiger partial charge in [0.1, 0.15) is 0 Å². The van der Waals surface area contributed by atoms with Crippen LogP contribution in [0.2, 0.25) is 0 Å². The summed E-state index contributed by atoms with van der Waals surface area (Å²) in [6.07, 6.45) is 0. The Balaban J connectivity index is 3.54. The second-order valence-electron chi connectivity index (χ2n) is 2.13. The Morgan fingerprint density at radius 1 is 1.73 bits per heavy atom. The Morgan fingerprint density at radius 3 is 2.64 bits per heavy atom. The predicted molar refractivity (Wildman–Crippen MR) is 58.8 cm³/mol. The highest BCUT2D eigenvalue weighted by Gasteiger charge is 2.07. The van der Waals surface area contributed by atoms with E-state index in [1.807, 2.05) is 0 Å². The zero-order valence-electron chi connectivity index (χ0n) is 6.27. The first kappa shape index (κ1) is 11.7. The number of hydrogen-bond acceptors (Lipinski definition) is 2. The molecule has 11 heavy (non-hydrogen) atoms. The van der Waals surface area contributed by atoms with E-state index in [4.69, 9.17) is 0 Å². The highest BCUT2D eigenvalue weighted by molar-refractivity contribution is 9.12. The molecule has 0 saturated carbocycles. The molecular formula is C7H10Br2OS. The fourth-order valence-corrected chi connectivity index (χ4v) is 1.96. The average Bonchev–Trinajstić information content (AvgIpc) is 1.99. The van der Waals surface area contributed by atoms with Crippen molar-refractivity contribution in [3.8, 4) is 0 Å². The number of alkyl halides is 2. The normalized spacial score (nSPS) is 12.6. The Morgan fingerprint density at radius 2 is 2.27 bits per heavy atom. The third kappa shape index (κ3) is 5.93. The zero-order valence-corrected chi connectivity index (χ0v) is 10.3. The van der Waals surface area contributed by atoms with Crippen molar-refractivity contribution >= 4 is 48.7 Å². The molecule has 0 spiro atoms. The van der Waals surface area contributed by atoms with Crippen molar-refractivity contribution in [1.29, 1.82) is 0 Å². The summed E-state index contributed by atoms with van der Waals surface area (Å²) in [4.78, 5) is 11.3. The van der Waals surface area contributed by atoms with Crippen molar-refractivity contribution in [3.05, 3.63) is 12.2 Å². The first-order valence-corrected chi connectivity index (χ1v) is 6.13. The van der Waals surface area contributed by atoms with Gasteiger partial charge in [0.2, 0.25) is 5.12 Å². The summed E-state index contributed by atoms with van der Waals surface area (Å²) in [6.45, 7) is 5.29. The Hall–Kier alpha value is 0.720. The van der Waals surface area contributed by atoms with Gasteiger partial charge in [-0.3, -0.25) is 4.79 Å². The van der Waals surface area contributed by atoms with Gasteiger partial charge < -0.3 is 0 Å². The molecule has 0 aromatic heterocycles. The van der Waals surface area contributed by atoms with Gasteiger partial charge >= 0.3 is 0 Å². The molecule has 64 valence electrons. The molecule has 0 rings (SSSR count). The monoisotopic (exact) mass is 300 g/mol. The molecule has 0 aromatic carbocycles. The minimum absolute atomic E-state index is 0.0791. The first-order valence-electron chi connectivity index (χ1n) is 3.10. The lowest BCUT2D eigenvalue weighted by Crippen LogP contribution is -2.05. The van der Waals surface area contributed by atoms with Crippen LogP contribution in [0.5, 0.6) is 0 Å². The lowest BCUT2D eigenvalue weighted by Gasteiger charge is -2.03. The molecular weight excluding hydrogens is 292 g/mol. The molecule has 1 unspecified atom stereocenters. The van der Waals surface area contributed by atoms with Crippen LogP contribution in [-0.2, 0) is 4.79 Å². The number of carbonyl (C=O) groups is 1. The van der Waals surface area contributed by atoms with Gasteiger partial charge in [0.05, 0.1) is 0 Å². The highest BCUT2D eigenvalue weighted by Crippen LogP contribution is 2.15. The molecule has 1 atom stereocenters. The third-order valence-electron chi connectivity index (χ3n) is 0.911. The molecule has 0 aliphatic rings. The molecule has 0 aliphatic carbocycles. The SMILES string of the molecule is C=C(C)C(=O)SCC(Br)CBr. The van der Waals surface area contributed by atoms with Crippen LogP contribution in [0, 0.1) is 0 Å². The summed E-state index contributed by atoms with van der Waals surface area (Å²) in [5, 5.41) is 0.944. The van der Waals surface area contributed by atoms with E-state index in [-0.39, 0.29) is 5.12 Å². The zero-order chi connectivity index (χ0) is 8.85. The second kappa shape index (κ2) is 6.26. The summed E-state index contributed by atoms with van der Waals surface area (Å²) >= 11 is 8.01. The number of carbonyl (C=O) groups excluding carboxylic acids is 1. The van der Waals surface area contributed by atoms with E-state index in [0.717, 1.165) is 11.1 Å². The van der Waals surface area contributed by atoms with Gasteiger partial charge in [-0.05, 0) is 12.5 Å². The second-order valence-corrected chi connectivity index (χ2v) is 5.07. The van der Waals surface area contributed by atoms with Gasteiger partial charge in [-0.25, -0.2) is 0 Å². The minimum atomic E-state index is 0.0791. The van der Waals surface area contributed by atoms with E-state index in [2.05, 4.69) is 38.4 Å². The van der Waals surface area contributed by atoms with Gasteiger partial charge in [-0.15, -0.1) is 0 Å². The van der Waals surface area contributed by atoms with E-state index < -0.39 is 0 Å². The highest BCUT2D eigenvalue weighted by atomic mass is 79.9. The van der Waals surface area contributed by atoms with E-state index in [9.17, 15) is 4.79 Å². The average molecular weight is 302 g/mol. The van der Waals surface area contributed by atoms with E-state index in [0.29, 0.717) is 10.4 Å². The molecule has 0 saturated heterocycles. The molecule has 0 N–H and O–H groups in total. The Bertz CT molecular complexity index is 159. The standard InChI is InChI=1S/C7H10Br2OS/c1-5(2)7(10)11-4-6(9)3-8/h6H,1,3-4H2,2H3. The van der Waals surface area contributed by atoms with Crippen LogP contribution in [0.15, 0.2) is 12.2 Å². The molecule has 0 heterocycles. The fourth-order valence-electron chi connectivity index (χ4n) is 0.334. The summed E-state index contributed by atoms with van der Waals surface area (Å²) < 4.78 is 0. The van der Waals surface area contributed by atoms with Crippen molar-refractivity contribution in [2.24, 2.45) is 0 Å². The van der Waals surface area contributed by atoms with Gasteiger partial charge in [0.15, 0.2) is 0 Å². The van der Waals surface area contributed by atoms with Crippen LogP contribution in [0.4, 0.5) is 0 Å². The van der Waals surface area contributed by atoms with Crippen LogP contribution < -0.4 is 0 Å². The van der Waals surface area contributed by atoms with Crippen molar-refractivity contribution in [2.75, 3.05) is 11.1 Å². The molecule has 0 aromatic rings. The van der Waals surface area contributed by atoms with Crippen LogP contribution in [0.1, 0.15) is 6.92 Å². The van der Waals surface area contributed by atoms with Gasteiger partial charge in [0, 0.05) is 15.9 Å². The maximum absolute atomic E-state index is 11.0. The number of halogens is 2. The summed E-state index contributed by atoms with van der Waals surface area (Å²) in [6, 6.07) is 0. The molecule has 0 fully saturated rings. The lowest BCUT2D eigenvalue weighted by molar-refractivity contribution is -0.107. The largest absolute Gasteiger partial charge is 0.282 e. The molecule has 0 aliphatic heterocycles. The number of thioether (sulfide) groups is 1. The van der Waals surface area contributed by atoms with Crippen LogP contribution in [0.25, 0.3) is 0 Å². The quantitative estimate of drug-likeness (QED) is 0.586. The molecule has 0 amide bonds. The topological polar surface area (TPSA) is 17.1 Å². The maximum atomic E-state index is 11.0. The van der Waals surface area contributed by atoms with Crippen molar-refractivity contribution in [2.45, 2.75) is 11.8 Å². The van der Waals surface area contributed by atoms with E-state index in [1.165, 1.54) is 11.8 Å². The summed E-state index contributed by atoms with van der Waals surface area (Å²) in [5.41, 5.74) is 0.615. The predicted octanol–water partition coefficient (Wildman–Crippen LogP) is 2.98. The first-order chi connectivity index (χ1) is 5.07. The van der Waals surface area contributed by atoms with E-state index in [1.54, 1.807) is 6.92 Å². The minimum Gasteiger partial charge on any atom is -0.282 e. The van der Waals surface area contributed by atoms with Crippen LogP contribution in [0.3, 0.4) is 0 Å². The Kier molecular flexibility index (Phi) is 6.67. The van der Waals surface area contributed by atoms with Crippen molar-refractivity contribution in [3.63, 3.8) is 0 Å². The summed E-state index contributed by atoms with van der Waals surface area (Å²) in [7, 11) is 0. The summed E-state index contributed by atoms with van der Waals surface area (Å²) in [5.74, 6) is 0.789. The van der Waals surface area contributed by atoms with Gasteiger partial charge in [-0.2, -0.15) is 0 Å². The molecule has 4 heteroatoms. The third-order valence-corrected chi connectivity index (χ3v) is 4.82. The van der Waals surface area contributed by atoms with Crippen molar-refractivity contribution in [1.82, 2.24) is 0 Å². The number of rotatable bonds is 4. The Labute approximate surface area is 88.3 Å². The fraction of sp³-hybridized carbons (Fsp3) is 0.571. The van der Waals surface area contributed by atoms with Crippen LogP contribution in [-0.4, -0.2) is 21.0 Å². The number of hydrogen-bond donors (Lipinski definition) is 0. The molecule has 0 radical (unpaired) electrons. The molecule has 1 nitrogen and oxygen atoms in total. The van der Waals surface area contributed by atoms with Crippen molar-refractivity contribution < 1.29 is 4.79 Å². The smallest absolute Gasteiger partial charge is 0.214 e. The maximum Gasteiger partial charge on any atom is 0.214 e. The van der Waals surface area contributed by atoms with Gasteiger partial charge in [-0.1, -0.05) is 50.2 Å². The van der Waals surface area contributed by atoms with Gasteiger partial charge in [0.25, 0.3) is 0 Å². The van der Waals surface area contributed by atoms with Crippen LogP contribution >= 0.6 is 43.6 Å².